The van der Waals surface area contributed by atoms with Gasteiger partial charge in [0.2, 0.25) is 0 Å². The third kappa shape index (κ3) is 13.5. The van der Waals surface area contributed by atoms with Gasteiger partial charge in [0.1, 0.15) is 0 Å². The molecule has 0 aliphatic heterocycles. The summed E-state index contributed by atoms with van der Waals surface area (Å²) in [7, 11) is -0.177. The predicted octanol–water partition coefficient (Wildman–Crippen LogP) is 7.64. The Labute approximate surface area is 171 Å². The summed E-state index contributed by atoms with van der Waals surface area (Å²) in [5.74, 6) is -0.0751. The maximum absolute atomic E-state index is 11.0. The van der Waals surface area contributed by atoms with E-state index in [1.54, 1.807) is 0 Å². The largest absolute Gasteiger partial charge is 0.469 e. The van der Waals surface area contributed by atoms with Crippen LogP contribution in [0.3, 0.4) is 0 Å². The van der Waals surface area contributed by atoms with Crippen LogP contribution in [0.2, 0.25) is 18.1 Å². The number of ether oxygens (including phenoxy) is 1. The summed E-state index contributed by atoms with van der Waals surface area (Å²) in [4.78, 5) is 11.0. The van der Waals surface area contributed by atoms with E-state index in [2.05, 4.69) is 45.5 Å². The number of methoxy groups -OCH3 is 1. The second-order valence-electron chi connectivity index (χ2n) is 9.59. The highest BCUT2D eigenvalue weighted by Gasteiger charge is 2.38. The molecule has 0 heterocycles. The van der Waals surface area contributed by atoms with Gasteiger partial charge in [0.25, 0.3) is 0 Å². The molecule has 0 amide bonds. The Bertz CT molecular complexity index is 374. The SMILES string of the molecule is CCCC(CCCCCCCCCCCC(=O)OC)O[Si](C)(C)C(C)(C)C. The molecule has 0 aromatic rings. The molecule has 0 bridgehead atoms. The van der Waals surface area contributed by atoms with Gasteiger partial charge in [-0.3, -0.25) is 4.79 Å². The number of rotatable bonds is 16. The van der Waals surface area contributed by atoms with Gasteiger partial charge in [0.15, 0.2) is 8.32 Å². The molecule has 27 heavy (non-hydrogen) atoms. The molecule has 0 saturated carbocycles. The molecule has 0 spiro atoms. The van der Waals surface area contributed by atoms with E-state index in [1.807, 2.05) is 0 Å². The van der Waals surface area contributed by atoms with Crippen molar-refractivity contribution >= 4 is 14.3 Å². The van der Waals surface area contributed by atoms with Gasteiger partial charge in [-0.25, -0.2) is 0 Å². The number of unbranched alkanes of at least 4 members (excludes halogenated alkanes) is 8. The first-order valence-corrected chi connectivity index (χ1v) is 14.3. The quantitative estimate of drug-likeness (QED) is 0.152. The minimum atomic E-state index is -1.64. The molecule has 0 radical (unpaired) electrons. The van der Waals surface area contributed by atoms with Crippen molar-refractivity contribution in [2.24, 2.45) is 0 Å². The normalized spacial score (nSPS) is 13.6. The lowest BCUT2D eigenvalue weighted by molar-refractivity contribution is -0.140. The van der Waals surface area contributed by atoms with E-state index in [1.165, 1.54) is 71.3 Å². The van der Waals surface area contributed by atoms with Crippen molar-refractivity contribution in [3.05, 3.63) is 0 Å². The van der Waals surface area contributed by atoms with Crippen LogP contribution < -0.4 is 0 Å². The highest BCUT2D eigenvalue weighted by atomic mass is 28.4. The molecule has 1 unspecified atom stereocenters. The summed E-state index contributed by atoms with van der Waals surface area (Å²) in [6.07, 6.45) is 16.0. The predicted molar refractivity (Wildman–Crippen MR) is 120 cm³/mol. The summed E-state index contributed by atoms with van der Waals surface area (Å²) >= 11 is 0. The number of carbonyl (C=O) groups is 1. The van der Waals surface area contributed by atoms with Gasteiger partial charge in [-0.2, -0.15) is 0 Å². The van der Waals surface area contributed by atoms with Gasteiger partial charge in [0.05, 0.1) is 7.11 Å². The van der Waals surface area contributed by atoms with E-state index in [4.69, 9.17) is 4.43 Å². The maximum atomic E-state index is 11.0. The molecule has 0 N–H and O–H groups in total. The average Bonchev–Trinajstić information content (AvgIpc) is 2.58. The molecule has 0 aliphatic rings. The zero-order valence-electron chi connectivity index (χ0n) is 19.5. The van der Waals surface area contributed by atoms with E-state index in [9.17, 15) is 4.79 Å². The Morgan fingerprint density at radius 1 is 0.852 bits per heavy atom. The molecule has 0 aromatic carbocycles. The number of esters is 1. The van der Waals surface area contributed by atoms with Gasteiger partial charge in [-0.1, -0.05) is 85.5 Å². The molecule has 3 nitrogen and oxygen atoms in total. The Morgan fingerprint density at radius 3 is 1.78 bits per heavy atom. The topological polar surface area (TPSA) is 35.5 Å². The van der Waals surface area contributed by atoms with Gasteiger partial charge >= 0.3 is 5.97 Å². The van der Waals surface area contributed by atoms with Crippen LogP contribution >= 0.6 is 0 Å². The smallest absolute Gasteiger partial charge is 0.305 e. The third-order valence-corrected chi connectivity index (χ3v) is 10.5. The Hall–Kier alpha value is -0.353. The van der Waals surface area contributed by atoms with Crippen molar-refractivity contribution < 1.29 is 14.0 Å². The first-order valence-electron chi connectivity index (χ1n) is 11.4. The van der Waals surface area contributed by atoms with Crippen molar-refractivity contribution in [1.29, 1.82) is 0 Å². The molecule has 1 atom stereocenters. The van der Waals surface area contributed by atoms with Crippen LogP contribution in [-0.4, -0.2) is 27.5 Å². The van der Waals surface area contributed by atoms with Crippen LogP contribution in [-0.2, 0) is 14.0 Å². The molecule has 0 aliphatic carbocycles. The van der Waals surface area contributed by atoms with Crippen LogP contribution in [0, 0.1) is 0 Å². The van der Waals surface area contributed by atoms with E-state index < -0.39 is 8.32 Å². The summed E-state index contributed by atoms with van der Waals surface area (Å²) in [6, 6.07) is 0. The van der Waals surface area contributed by atoms with Gasteiger partial charge < -0.3 is 9.16 Å². The van der Waals surface area contributed by atoms with E-state index in [-0.39, 0.29) is 5.97 Å². The maximum Gasteiger partial charge on any atom is 0.305 e. The summed E-state index contributed by atoms with van der Waals surface area (Å²) in [5.41, 5.74) is 0. The molecule has 4 heteroatoms. The summed E-state index contributed by atoms with van der Waals surface area (Å²) < 4.78 is 11.3. The lowest BCUT2D eigenvalue weighted by Gasteiger charge is -2.39. The molecule has 0 rings (SSSR count). The van der Waals surface area contributed by atoms with Gasteiger partial charge in [-0.05, 0) is 37.4 Å². The summed E-state index contributed by atoms with van der Waals surface area (Å²) in [6.45, 7) is 14.0. The minimum Gasteiger partial charge on any atom is -0.469 e. The highest BCUT2D eigenvalue weighted by molar-refractivity contribution is 6.74. The first-order chi connectivity index (χ1) is 12.6. The van der Waals surface area contributed by atoms with E-state index in [0.717, 1.165) is 12.8 Å². The van der Waals surface area contributed by atoms with Crippen molar-refractivity contribution in [3.63, 3.8) is 0 Å². The number of hydrogen-bond donors (Lipinski definition) is 0. The minimum absolute atomic E-state index is 0.0751. The highest BCUT2D eigenvalue weighted by Crippen LogP contribution is 2.38. The fourth-order valence-electron chi connectivity index (χ4n) is 3.16. The standard InChI is InChI=1S/C23H48O3Si/c1-8-18-21(26-27(6,7)23(2,3)4)19-16-14-12-10-9-11-13-15-17-20-22(24)25-5/h21H,8-20H2,1-7H3. The molecule has 162 valence electrons. The van der Waals surface area contributed by atoms with Gasteiger partial charge in [-0.15, -0.1) is 0 Å². The van der Waals surface area contributed by atoms with Crippen molar-refractivity contribution in [3.8, 4) is 0 Å². The van der Waals surface area contributed by atoms with Crippen molar-refractivity contribution in [2.75, 3.05) is 7.11 Å². The lowest BCUT2D eigenvalue weighted by Crippen LogP contribution is -2.43. The van der Waals surface area contributed by atoms with Crippen LogP contribution in [0.4, 0.5) is 0 Å². The Balaban J connectivity index is 3.74. The molecule has 0 fully saturated rings. The lowest BCUT2D eigenvalue weighted by atomic mass is 10.0. The second-order valence-corrected chi connectivity index (χ2v) is 14.3. The van der Waals surface area contributed by atoms with Crippen molar-refractivity contribution in [1.82, 2.24) is 0 Å². The van der Waals surface area contributed by atoms with Crippen molar-refractivity contribution in [2.45, 2.75) is 135 Å². The zero-order chi connectivity index (χ0) is 20.8. The van der Waals surface area contributed by atoms with E-state index in [0.29, 0.717) is 17.6 Å². The molecule has 0 saturated heterocycles. The van der Waals surface area contributed by atoms with Crippen LogP contribution in [0.15, 0.2) is 0 Å². The number of hydrogen-bond acceptors (Lipinski definition) is 3. The fourth-order valence-corrected chi connectivity index (χ4v) is 4.58. The van der Waals surface area contributed by atoms with Crippen LogP contribution in [0.1, 0.15) is 111 Å². The fraction of sp³-hybridized carbons (Fsp3) is 0.957. The average molecular weight is 401 g/mol. The third-order valence-electron chi connectivity index (χ3n) is 6.01. The van der Waals surface area contributed by atoms with Crippen LogP contribution in [0.25, 0.3) is 0 Å². The second kappa shape index (κ2) is 14.6. The molecule has 0 aromatic heterocycles. The Kier molecular flexibility index (Phi) is 14.4. The first kappa shape index (κ1) is 26.6. The van der Waals surface area contributed by atoms with Gasteiger partial charge in [0, 0.05) is 12.5 Å². The monoisotopic (exact) mass is 400 g/mol. The molecular formula is C23H48O3Si. The zero-order valence-corrected chi connectivity index (χ0v) is 20.5. The van der Waals surface area contributed by atoms with Crippen LogP contribution in [0.5, 0.6) is 0 Å². The number of carbonyl (C=O) groups excluding carboxylic acids is 1. The Morgan fingerprint density at radius 2 is 1.33 bits per heavy atom. The van der Waals surface area contributed by atoms with E-state index >= 15 is 0 Å². The molecular weight excluding hydrogens is 352 g/mol. The summed E-state index contributed by atoms with van der Waals surface area (Å²) in [5, 5.41) is 0.301.